The second kappa shape index (κ2) is 5.73. The maximum atomic E-state index is 12.3. The second-order valence-electron chi connectivity index (χ2n) is 3.83. The fourth-order valence-corrected chi connectivity index (χ4v) is 3.88. The lowest BCUT2D eigenvalue weighted by atomic mass is 10.2. The monoisotopic (exact) mass is 342 g/mol. The van der Waals surface area contributed by atoms with Crippen LogP contribution >= 0.6 is 22.9 Å². The second-order valence-corrected chi connectivity index (χ2v) is 6.81. The summed E-state index contributed by atoms with van der Waals surface area (Å²) in [7, 11) is -4.09. The number of benzene rings is 1. The molecule has 9 heteroatoms. The number of rotatable bonds is 4. The van der Waals surface area contributed by atoms with E-state index >= 15 is 0 Å². The average molecular weight is 343 g/mol. The lowest BCUT2D eigenvalue weighted by molar-refractivity contribution is 0.0703. The highest BCUT2D eigenvalue weighted by molar-refractivity contribution is 7.92. The smallest absolute Gasteiger partial charge is 0.348 e. The molecule has 2 aromatic rings. The predicted octanol–water partition coefficient (Wildman–Crippen LogP) is 2.77. The highest BCUT2D eigenvalue weighted by atomic mass is 35.5. The van der Waals surface area contributed by atoms with Gasteiger partial charge in [0.1, 0.15) is 9.77 Å². The standard InChI is InChI=1S/C12H7ClN2O4S2/c13-8-2-1-7(6-14)5-10(8)21(18,19)15-9-3-4-20-11(9)12(16)17/h1-5,15H,(H,16,17). The van der Waals surface area contributed by atoms with Crippen LogP contribution in [-0.2, 0) is 10.0 Å². The number of nitrogens with zero attached hydrogens (tertiary/aromatic N) is 1. The molecule has 0 atom stereocenters. The zero-order chi connectivity index (χ0) is 15.6. The number of nitrogens with one attached hydrogen (secondary N) is 1. The minimum absolute atomic E-state index is 0.0501. The summed E-state index contributed by atoms with van der Waals surface area (Å²) in [5.41, 5.74) is 0.0782. The highest BCUT2D eigenvalue weighted by Crippen LogP contribution is 2.28. The van der Waals surface area contributed by atoms with Crippen molar-refractivity contribution in [3.63, 3.8) is 0 Å². The Morgan fingerprint density at radius 1 is 1.38 bits per heavy atom. The summed E-state index contributed by atoms with van der Waals surface area (Å²) in [5, 5.41) is 19.2. The molecule has 2 N–H and O–H groups in total. The maximum Gasteiger partial charge on any atom is 0.348 e. The SMILES string of the molecule is N#Cc1ccc(Cl)c(S(=O)(=O)Nc2ccsc2C(=O)O)c1. The van der Waals surface area contributed by atoms with Crippen molar-refractivity contribution < 1.29 is 18.3 Å². The first-order valence-electron chi connectivity index (χ1n) is 5.38. The van der Waals surface area contributed by atoms with Gasteiger partial charge in [0, 0.05) is 0 Å². The van der Waals surface area contributed by atoms with Crippen molar-refractivity contribution in [3.8, 4) is 6.07 Å². The number of anilines is 1. The van der Waals surface area contributed by atoms with E-state index in [1.54, 1.807) is 0 Å². The highest BCUT2D eigenvalue weighted by Gasteiger charge is 2.22. The van der Waals surface area contributed by atoms with E-state index in [4.69, 9.17) is 22.0 Å². The van der Waals surface area contributed by atoms with Crippen molar-refractivity contribution in [2.24, 2.45) is 0 Å². The van der Waals surface area contributed by atoms with E-state index in [9.17, 15) is 13.2 Å². The largest absolute Gasteiger partial charge is 0.477 e. The summed E-state index contributed by atoms with van der Waals surface area (Å²) in [6.45, 7) is 0. The van der Waals surface area contributed by atoms with E-state index in [0.717, 1.165) is 17.4 Å². The maximum absolute atomic E-state index is 12.3. The van der Waals surface area contributed by atoms with Crippen LogP contribution in [0.15, 0.2) is 34.5 Å². The van der Waals surface area contributed by atoms with Crippen molar-refractivity contribution >= 4 is 44.6 Å². The summed E-state index contributed by atoms with van der Waals surface area (Å²) in [4.78, 5) is 10.6. The molecule has 0 unspecified atom stereocenters. The summed E-state index contributed by atoms with van der Waals surface area (Å²) >= 11 is 6.73. The Kier molecular flexibility index (Phi) is 4.18. The minimum atomic E-state index is -4.09. The third-order valence-electron chi connectivity index (χ3n) is 2.45. The van der Waals surface area contributed by atoms with Crippen LogP contribution in [-0.4, -0.2) is 19.5 Å². The lowest BCUT2D eigenvalue weighted by Gasteiger charge is -2.09. The van der Waals surface area contributed by atoms with Gasteiger partial charge in [-0.05, 0) is 29.6 Å². The van der Waals surface area contributed by atoms with Crippen LogP contribution < -0.4 is 4.72 Å². The van der Waals surface area contributed by atoms with Crippen LogP contribution in [0.3, 0.4) is 0 Å². The van der Waals surface area contributed by atoms with Gasteiger partial charge in [-0.1, -0.05) is 11.6 Å². The number of hydrogen-bond acceptors (Lipinski definition) is 5. The molecule has 0 bridgehead atoms. The topological polar surface area (TPSA) is 107 Å². The molecule has 108 valence electrons. The number of halogens is 1. The molecule has 0 aliphatic carbocycles. The van der Waals surface area contributed by atoms with Gasteiger partial charge in [0.25, 0.3) is 10.0 Å². The number of aromatic carboxylic acids is 1. The van der Waals surface area contributed by atoms with Crippen molar-refractivity contribution in [2.45, 2.75) is 4.90 Å². The zero-order valence-electron chi connectivity index (χ0n) is 10.2. The van der Waals surface area contributed by atoms with Crippen LogP contribution in [0.5, 0.6) is 0 Å². The molecule has 0 saturated heterocycles. The van der Waals surface area contributed by atoms with E-state index in [1.165, 1.54) is 23.6 Å². The first kappa shape index (κ1) is 15.3. The minimum Gasteiger partial charge on any atom is -0.477 e. The molecule has 1 aromatic carbocycles. The Bertz CT molecular complexity index is 852. The van der Waals surface area contributed by atoms with E-state index in [0.29, 0.717) is 0 Å². The lowest BCUT2D eigenvalue weighted by Crippen LogP contribution is -2.15. The van der Waals surface area contributed by atoms with Crippen molar-refractivity contribution in [2.75, 3.05) is 4.72 Å². The normalized spacial score (nSPS) is 10.9. The zero-order valence-corrected chi connectivity index (χ0v) is 12.6. The molecule has 6 nitrogen and oxygen atoms in total. The van der Waals surface area contributed by atoms with Crippen molar-refractivity contribution in [1.82, 2.24) is 0 Å². The predicted molar refractivity (Wildman–Crippen MR) is 78.3 cm³/mol. The van der Waals surface area contributed by atoms with Gasteiger partial charge >= 0.3 is 5.97 Å². The van der Waals surface area contributed by atoms with Crippen LogP contribution in [0.4, 0.5) is 5.69 Å². The van der Waals surface area contributed by atoms with Gasteiger partial charge in [0.05, 0.1) is 22.3 Å². The van der Waals surface area contributed by atoms with E-state index in [2.05, 4.69) is 4.72 Å². The van der Waals surface area contributed by atoms with Crippen molar-refractivity contribution in [1.29, 1.82) is 5.26 Å². The summed E-state index contributed by atoms with van der Waals surface area (Å²) in [6, 6.07) is 6.95. The Morgan fingerprint density at radius 3 is 2.71 bits per heavy atom. The number of nitriles is 1. The van der Waals surface area contributed by atoms with Gasteiger partial charge in [-0.3, -0.25) is 4.72 Å². The molecule has 21 heavy (non-hydrogen) atoms. The summed E-state index contributed by atoms with van der Waals surface area (Å²) in [6.07, 6.45) is 0. The number of thiophene rings is 1. The van der Waals surface area contributed by atoms with Gasteiger partial charge < -0.3 is 5.11 Å². The molecule has 0 fully saturated rings. The van der Waals surface area contributed by atoms with Gasteiger partial charge in [0.2, 0.25) is 0 Å². The summed E-state index contributed by atoms with van der Waals surface area (Å²) < 4.78 is 26.7. The molecule has 0 saturated carbocycles. The fraction of sp³-hybridized carbons (Fsp3) is 0. The van der Waals surface area contributed by atoms with Gasteiger partial charge in [-0.2, -0.15) is 5.26 Å². The number of carboxylic acids is 1. The molecule has 1 aromatic heterocycles. The molecule has 0 radical (unpaired) electrons. The molecule has 0 aliphatic rings. The third-order valence-corrected chi connectivity index (χ3v) is 5.20. The molecule has 0 amide bonds. The van der Waals surface area contributed by atoms with Crippen LogP contribution in [0.2, 0.25) is 5.02 Å². The quantitative estimate of drug-likeness (QED) is 0.888. The first-order chi connectivity index (χ1) is 9.85. The average Bonchev–Trinajstić information content (AvgIpc) is 2.86. The van der Waals surface area contributed by atoms with E-state index in [-0.39, 0.29) is 26.0 Å². The van der Waals surface area contributed by atoms with E-state index in [1.807, 2.05) is 6.07 Å². The Balaban J connectivity index is 2.46. The molecule has 2 rings (SSSR count). The van der Waals surface area contributed by atoms with Crippen molar-refractivity contribution in [3.05, 3.63) is 45.1 Å². The van der Waals surface area contributed by atoms with Gasteiger partial charge in [0.15, 0.2) is 0 Å². The number of hydrogen-bond donors (Lipinski definition) is 2. The molecule has 0 aliphatic heterocycles. The molecular weight excluding hydrogens is 336 g/mol. The van der Waals surface area contributed by atoms with Crippen LogP contribution in [0.25, 0.3) is 0 Å². The Hall–Kier alpha value is -2.08. The van der Waals surface area contributed by atoms with Gasteiger partial charge in [-0.15, -0.1) is 11.3 Å². The Morgan fingerprint density at radius 2 is 2.10 bits per heavy atom. The van der Waals surface area contributed by atoms with Gasteiger partial charge in [-0.25, -0.2) is 13.2 Å². The van der Waals surface area contributed by atoms with Crippen LogP contribution in [0, 0.1) is 11.3 Å². The summed E-state index contributed by atoms with van der Waals surface area (Å²) in [5.74, 6) is -1.24. The number of carboxylic acid groups (broad SMARTS) is 1. The fourth-order valence-electron chi connectivity index (χ4n) is 1.53. The molecule has 1 heterocycles. The number of carbonyl (C=O) groups is 1. The number of sulfonamides is 1. The van der Waals surface area contributed by atoms with E-state index < -0.39 is 16.0 Å². The third kappa shape index (κ3) is 3.16. The Labute approximate surface area is 129 Å². The first-order valence-corrected chi connectivity index (χ1v) is 8.12. The molecular formula is C12H7ClN2O4S2. The molecule has 0 spiro atoms. The van der Waals surface area contributed by atoms with Crippen LogP contribution in [0.1, 0.15) is 15.2 Å².